The van der Waals surface area contributed by atoms with Crippen molar-refractivity contribution in [1.82, 2.24) is 4.90 Å². The number of nitrogens with zero attached hydrogens (tertiary/aromatic N) is 2. The average Bonchev–Trinajstić information content (AvgIpc) is 3.22. The fourth-order valence-electron chi connectivity index (χ4n) is 6.25. The number of hydrogen-bond acceptors (Lipinski definition) is 6. The molecule has 4 rings (SSSR count). The number of amides is 2. The molecule has 0 spiro atoms. The summed E-state index contributed by atoms with van der Waals surface area (Å²) < 4.78 is 27.3. The Morgan fingerprint density at radius 3 is 2.46 bits per heavy atom. The van der Waals surface area contributed by atoms with Gasteiger partial charge < -0.3 is 23.6 Å². The lowest BCUT2D eigenvalue weighted by Crippen LogP contribution is -2.54. The molecule has 8 nitrogen and oxygen atoms in total. The van der Waals surface area contributed by atoms with Crippen molar-refractivity contribution in [3.05, 3.63) is 65.7 Å². The number of carbonyl (C=O) groups excluding carboxylic acids is 3. The lowest BCUT2D eigenvalue weighted by atomic mass is 9.94. The van der Waals surface area contributed by atoms with Crippen molar-refractivity contribution in [2.45, 2.75) is 83.1 Å². The molecular formula is C31H41FN2O6Si. The number of aryl methyl sites for hydroxylation is 1. The van der Waals surface area contributed by atoms with E-state index in [1.807, 2.05) is 61.5 Å². The molecule has 2 aliphatic heterocycles. The van der Waals surface area contributed by atoms with Crippen LogP contribution in [0.2, 0.25) is 18.6 Å². The van der Waals surface area contributed by atoms with Crippen LogP contribution >= 0.6 is 0 Å². The topological polar surface area (TPSA) is 96.4 Å². The molecule has 1 N–H and O–H groups in total. The van der Waals surface area contributed by atoms with E-state index in [9.17, 15) is 19.5 Å². The van der Waals surface area contributed by atoms with E-state index < -0.39 is 26.7 Å². The first-order valence-electron chi connectivity index (χ1n) is 14.3. The van der Waals surface area contributed by atoms with Crippen molar-refractivity contribution in [2.24, 2.45) is 5.92 Å². The SMILES string of the molecule is CC(=O)OC1CC(=O)N1c1cccc(CC[C@@H]2O[C@H](CC(=O)N(CCO)Cc3ccccc3)[C@@H]([Si](C)(C)F)[C@@H]2C)c1. The highest BCUT2D eigenvalue weighted by Gasteiger charge is 2.51. The maximum absolute atomic E-state index is 15.6. The Morgan fingerprint density at radius 2 is 1.83 bits per heavy atom. The number of esters is 1. The fourth-order valence-corrected chi connectivity index (χ4v) is 8.79. The average molecular weight is 585 g/mol. The normalized spacial score (nSPS) is 24.2. The van der Waals surface area contributed by atoms with E-state index in [-0.39, 0.29) is 55.4 Å². The first kappa shape index (κ1) is 30.9. The zero-order chi connectivity index (χ0) is 29.7. The third-order valence-corrected chi connectivity index (χ3v) is 10.6. The number of carbonyl (C=O) groups is 3. The van der Waals surface area contributed by atoms with Gasteiger partial charge in [0.15, 0.2) is 6.23 Å². The highest BCUT2D eigenvalue weighted by atomic mass is 28.4. The molecule has 0 aliphatic carbocycles. The Labute approximate surface area is 242 Å². The van der Waals surface area contributed by atoms with Gasteiger partial charge in [0.05, 0.1) is 31.7 Å². The molecule has 2 aliphatic rings. The molecule has 0 saturated carbocycles. The summed E-state index contributed by atoms with van der Waals surface area (Å²) in [5.74, 6) is -0.752. The monoisotopic (exact) mass is 584 g/mol. The number of rotatable bonds is 12. The maximum atomic E-state index is 15.6. The summed E-state index contributed by atoms with van der Waals surface area (Å²) in [6.45, 7) is 7.13. The van der Waals surface area contributed by atoms with Gasteiger partial charge in [-0.3, -0.25) is 19.3 Å². The minimum atomic E-state index is -3.18. The molecule has 2 saturated heterocycles. The third-order valence-electron chi connectivity index (χ3n) is 8.12. The molecule has 2 fully saturated rings. The molecule has 2 aromatic carbocycles. The van der Waals surface area contributed by atoms with E-state index in [1.54, 1.807) is 18.0 Å². The van der Waals surface area contributed by atoms with Crippen LogP contribution in [-0.2, 0) is 36.8 Å². The summed E-state index contributed by atoms with van der Waals surface area (Å²) in [4.78, 5) is 40.1. The van der Waals surface area contributed by atoms with Crippen molar-refractivity contribution in [3.8, 4) is 0 Å². The minimum Gasteiger partial charge on any atom is -0.441 e. The van der Waals surface area contributed by atoms with Crippen LogP contribution in [0.15, 0.2) is 54.6 Å². The Bertz CT molecular complexity index is 1220. The van der Waals surface area contributed by atoms with Crippen LogP contribution in [0.25, 0.3) is 0 Å². The summed E-state index contributed by atoms with van der Waals surface area (Å²) in [6, 6.07) is 17.2. The number of aliphatic hydroxyl groups is 1. The summed E-state index contributed by atoms with van der Waals surface area (Å²) in [5, 5.41) is 9.59. The molecule has 2 amide bonds. The van der Waals surface area contributed by atoms with Gasteiger partial charge in [-0.15, -0.1) is 0 Å². The Kier molecular flexibility index (Phi) is 9.99. The van der Waals surface area contributed by atoms with Crippen LogP contribution in [-0.4, -0.2) is 67.8 Å². The molecule has 0 radical (unpaired) electrons. The van der Waals surface area contributed by atoms with Crippen molar-refractivity contribution < 1.29 is 33.1 Å². The molecule has 1 unspecified atom stereocenters. The van der Waals surface area contributed by atoms with Crippen LogP contribution in [0.5, 0.6) is 0 Å². The standard InChI is InChI=1S/C31H41FN2O6Si/c1-21-26(14-13-23-11-8-12-25(17-23)34-29(38)19-30(34)39-22(2)36)40-27(31(21)41(3,4)32)18-28(37)33(15-16-35)20-24-9-6-5-7-10-24/h5-12,17,21,26-27,30-31,35H,13-16,18-20H2,1-4H3/t21-,26+,27-,30?,31+/m1/s1. The van der Waals surface area contributed by atoms with Gasteiger partial charge in [0.2, 0.25) is 20.2 Å². The number of halogens is 1. The van der Waals surface area contributed by atoms with Crippen molar-refractivity contribution in [3.63, 3.8) is 0 Å². The first-order valence-corrected chi connectivity index (χ1v) is 17.3. The van der Waals surface area contributed by atoms with Crippen molar-refractivity contribution in [1.29, 1.82) is 0 Å². The van der Waals surface area contributed by atoms with E-state index in [2.05, 4.69) is 0 Å². The number of benzene rings is 2. The van der Waals surface area contributed by atoms with Gasteiger partial charge in [0.1, 0.15) is 0 Å². The van der Waals surface area contributed by atoms with Crippen LogP contribution in [0.1, 0.15) is 44.2 Å². The van der Waals surface area contributed by atoms with E-state index in [1.165, 1.54) is 11.8 Å². The smallest absolute Gasteiger partial charge is 0.304 e. The van der Waals surface area contributed by atoms with Gasteiger partial charge >= 0.3 is 5.97 Å². The van der Waals surface area contributed by atoms with Gasteiger partial charge in [-0.25, -0.2) is 0 Å². The van der Waals surface area contributed by atoms with Gasteiger partial charge in [0, 0.05) is 31.2 Å². The molecule has 0 aromatic heterocycles. The molecule has 10 heteroatoms. The van der Waals surface area contributed by atoms with Crippen LogP contribution < -0.4 is 4.90 Å². The second-order valence-corrected chi connectivity index (χ2v) is 15.4. The summed E-state index contributed by atoms with van der Waals surface area (Å²) >= 11 is 0. The Morgan fingerprint density at radius 1 is 1.12 bits per heavy atom. The van der Waals surface area contributed by atoms with Crippen LogP contribution in [0, 0.1) is 5.92 Å². The van der Waals surface area contributed by atoms with Crippen molar-refractivity contribution in [2.75, 3.05) is 18.1 Å². The third kappa shape index (κ3) is 7.61. The van der Waals surface area contributed by atoms with E-state index >= 15 is 4.11 Å². The minimum absolute atomic E-state index is 0.0617. The second kappa shape index (κ2) is 13.3. The fraction of sp³-hybridized carbons (Fsp3) is 0.516. The highest BCUT2D eigenvalue weighted by molar-refractivity contribution is 6.72. The van der Waals surface area contributed by atoms with Gasteiger partial charge in [-0.2, -0.15) is 0 Å². The number of anilines is 1. The van der Waals surface area contributed by atoms with Crippen molar-refractivity contribution >= 4 is 31.9 Å². The first-order chi connectivity index (χ1) is 19.5. The quantitative estimate of drug-likeness (QED) is 0.170. The van der Waals surface area contributed by atoms with Gasteiger partial charge in [0.25, 0.3) is 0 Å². The summed E-state index contributed by atoms with van der Waals surface area (Å²) in [6.07, 6.45) is 0.198. The number of aliphatic hydroxyl groups excluding tert-OH is 1. The predicted octanol–water partition coefficient (Wildman–Crippen LogP) is 4.60. The largest absolute Gasteiger partial charge is 0.441 e. The number of hydrogen-bond donors (Lipinski definition) is 1. The summed E-state index contributed by atoms with van der Waals surface area (Å²) in [5.41, 5.74) is 2.29. The molecule has 222 valence electrons. The molecule has 0 bridgehead atoms. The lowest BCUT2D eigenvalue weighted by molar-refractivity contribution is -0.154. The Balaban J connectivity index is 1.42. The number of ether oxygens (including phenoxy) is 2. The number of β-lactam (4-membered cyclic amide) rings is 1. The molecule has 5 atom stereocenters. The zero-order valence-electron chi connectivity index (χ0n) is 24.3. The van der Waals surface area contributed by atoms with Gasteiger partial charge in [-0.1, -0.05) is 49.4 Å². The highest BCUT2D eigenvalue weighted by Crippen LogP contribution is 2.47. The van der Waals surface area contributed by atoms with E-state index in [0.717, 1.165) is 11.1 Å². The lowest BCUT2D eigenvalue weighted by Gasteiger charge is -2.39. The summed E-state index contributed by atoms with van der Waals surface area (Å²) in [7, 11) is -3.18. The molecular weight excluding hydrogens is 543 g/mol. The maximum Gasteiger partial charge on any atom is 0.304 e. The molecule has 2 aromatic rings. The zero-order valence-corrected chi connectivity index (χ0v) is 25.3. The Hall–Kier alpha value is -3.08. The van der Waals surface area contributed by atoms with E-state index in [0.29, 0.717) is 25.1 Å². The van der Waals surface area contributed by atoms with Crippen LogP contribution in [0.3, 0.4) is 0 Å². The van der Waals surface area contributed by atoms with Gasteiger partial charge in [-0.05, 0) is 55.1 Å². The predicted molar refractivity (Wildman–Crippen MR) is 156 cm³/mol. The van der Waals surface area contributed by atoms with Crippen LogP contribution in [0.4, 0.5) is 9.80 Å². The molecule has 41 heavy (non-hydrogen) atoms. The molecule has 2 heterocycles. The second-order valence-electron chi connectivity index (χ2n) is 11.6. The van der Waals surface area contributed by atoms with E-state index in [4.69, 9.17) is 9.47 Å².